The summed E-state index contributed by atoms with van der Waals surface area (Å²) in [6, 6.07) is 13.6. The van der Waals surface area contributed by atoms with Gasteiger partial charge in [-0.3, -0.25) is 9.20 Å². The van der Waals surface area contributed by atoms with E-state index in [4.69, 9.17) is 0 Å². The number of aryl methyl sites for hydroxylation is 2. The van der Waals surface area contributed by atoms with Crippen molar-refractivity contribution in [2.75, 3.05) is 0 Å². The maximum Gasteiger partial charge on any atom is 0.290 e. The van der Waals surface area contributed by atoms with Crippen molar-refractivity contribution in [3.63, 3.8) is 0 Å². The molecule has 1 amide bonds. The average molecular weight is 306 g/mol. The van der Waals surface area contributed by atoms with Crippen molar-refractivity contribution < 1.29 is 4.79 Å². The number of carbonyl (C=O) groups excluding carboxylic acids is 1. The topological polar surface area (TPSA) is 58.8 Å². The van der Waals surface area contributed by atoms with Gasteiger partial charge in [-0.1, -0.05) is 30.3 Å². The van der Waals surface area contributed by atoms with Gasteiger partial charge < -0.3 is 0 Å². The normalized spacial score (nSPS) is 11.7. The molecular formula is C18H18N4O. The van der Waals surface area contributed by atoms with E-state index >= 15 is 0 Å². The zero-order valence-electron chi connectivity index (χ0n) is 13.4. The van der Waals surface area contributed by atoms with Crippen LogP contribution in [-0.4, -0.2) is 21.0 Å². The molecule has 116 valence electrons. The molecule has 5 nitrogen and oxygen atoms in total. The highest BCUT2D eigenvalue weighted by Gasteiger charge is 2.15. The van der Waals surface area contributed by atoms with Crippen LogP contribution in [0.2, 0.25) is 0 Å². The third-order valence-electron chi connectivity index (χ3n) is 3.78. The number of imidazole rings is 1. The molecular weight excluding hydrogens is 288 g/mol. The SMILES string of the molecule is C/C(=N/NC(=O)c1c(C)nc2ccccn12)c1ccccc1C. The Balaban J connectivity index is 1.88. The summed E-state index contributed by atoms with van der Waals surface area (Å²) in [7, 11) is 0. The van der Waals surface area contributed by atoms with Crippen LogP contribution < -0.4 is 5.43 Å². The van der Waals surface area contributed by atoms with Crippen molar-refractivity contribution in [2.45, 2.75) is 20.8 Å². The van der Waals surface area contributed by atoms with Gasteiger partial charge in [0.2, 0.25) is 0 Å². The minimum atomic E-state index is -0.269. The van der Waals surface area contributed by atoms with Gasteiger partial charge in [0, 0.05) is 11.8 Å². The lowest BCUT2D eigenvalue weighted by atomic mass is 10.1. The van der Waals surface area contributed by atoms with Crippen LogP contribution in [0.4, 0.5) is 0 Å². The average Bonchev–Trinajstić information content (AvgIpc) is 2.88. The largest absolute Gasteiger partial charge is 0.295 e. The molecule has 5 heteroatoms. The van der Waals surface area contributed by atoms with E-state index in [2.05, 4.69) is 15.5 Å². The molecule has 23 heavy (non-hydrogen) atoms. The van der Waals surface area contributed by atoms with Gasteiger partial charge in [-0.15, -0.1) is 0 Å². The van der Waals surface area contributed by atoms with Crippen LogP contribution in [0.5, 0.6) is 0 Å². The van der Waals surface area contributed by atoms with E-state index in [1.807, 2.05) is 69.4 Å². The molecule has 0 fully saturated rings. The Morgan fingerprint density at radius 1 is 1.13 bits per heavy atom. The number of nitrogens with one attached hydrogen (secondary N) is 1. The standard InChI is InChI=1S/C18H18N4O/c1-12-8-4-5-9-15(12)13(2)20-21-18(23)17-14(3)19-16-10-6-7-11-22(16)17/h4-11H,1-3H3,(H,21,23)/b20-13-. The molecule has 0 aliphatic rings. The summed E-state index contributed by atoms with van der Waals surface area (Å²) in [6.45, 7) is 5.72. The van der Waals surface area contributed by atoms with Crippen LogP contribution in [-0.2, 0) is 0 Å². The van der Waals surface area contributed by atoms with E-state index < -0.39 is 0 Å². The summed E-state index contributed by atoms with van der Waals surface area (Å²) in [5.74, 6) is -0.269. The molecule has 1 aromatic carbocycles. The molecule has 0 saturated carbocycles. The van der Waals surface area contributed by atoms with Gasteiger partial charge in [0.15, 0.2) is 0 Å². The predicted octanol–water partition coefficient (Wildman–Crippen LogP) is 3.11. The van der Waals surface area contributed by atoms with Crippen LogP contribution in [0.1, 0.15) is 34.2 Å². The lowest BCUT2D eigenvalue weighted by molar-refractivity contribution is 0.0948. The zero-order chi connectivity index (χ0) is 16.4. The minimum Gasteiger partial charge on any atom is -0.295 e. The van der Waals surface area contributed by atoms with Gasteiger partial charge in [-0.25, -0.2) is 10.4 Å². The second-order valence-corrected chi connectivity index (χ2v) is 5.43. The van der Waals surface area contributed by atoms with E-state index in [9.17, 15) is 4.79 Å². The number of hydrogen-bond acceptors (Lipinski definition) is 3. The van der Waals surface area contributed by atoms with Crippen LogP contribution >= 0.6 is 0 Å². The van der Waals surface area contributed by atoms with Crippen LogP contribution in [0.3, 0.4) is 0 Å². The Morgan fingerprint density at radius 3 is 2.65 bits per heavy atom. The molecule has 1 N–H and O–H groups in total. The van der Waals surface area contributed by atoms with Crippen molar-refractivity contribution in [2.24, 2.45) is 5.10 Å². The highest BCUT2D eigenvalue weighted by atomic mass is 16.2. The summed E-state index contributed by atoms with van der Waals surface area (Å²) < 4.78 is 1.77. The number of pyridine rings is 1. The molecule has 0 aliphatic carbocycles. The fraction of sp³-hybridized carbons (Fsp3) is 0.167. The van der Waals surface area contributed by atoms with Gasteiger partial charge in [-0.2, -0.15) is 5.10 Å². The first kappa shape index (κ1) is 15.0. The fourth-order valence-corrected chi connectivity index (χ4v) is 2.61. The smallest absolute Gasteiger partial charge is 0.290 e. The summed E-state index contributed by atoms with van der Waals surface area (Å²) in [4.78, 5) is 16.9. The number of carbonyl (C=O) groups is 1. The Bertz CT molecular complexity index is 908. The van der Waals surface area contributed by atoms with Crippen LogP contribution in [0.25, 0.3) is 5.65 Å². The maximum atomic E-state index is 12.5. The number of hydrazone groups is 1. The monoisotopic (exact) mass is 306 g/mol. The Labute approximate surface area is 134 Å². The van der Waals surface area contributed by atoms with Gasteiger partial charge >= 0.3 is 0 Å². The number of rotatable bonds is 3. The van der Waals surface area contributed by atoms with E-state index in [1.165, 1.54) is 0 Å². The molecule has 0 radical (unpaired) electrons. The lowest BCUT2D eigenvalue weighted by Gasteiger charge is -2.06. The summed E-state index contributed by atoms with van der Waals surface area (Å²) >= 11 is 0. The molecule has 0 unspecified atom stereocenters. The number of nitrogens with zero attached hydrogens (tertiary/aromatic N) is 3. The second-order valence-electron chi connectivity index (χ2n) is 5.43. The number of fused-ring (bicyclic) bond motifs is 1. The summed E-state index contributed by atoms with van der Waals surface area (Å²) in [5.41, 5.74) is 7.46. The van der Waals surface area contributed by atoms with Crippen molar-refractivity contribution in [1.82, 2.24) is 14.8 Å². The molecule has 3 rings (SSSR count). The molecule has 0 saturated heterocycles. The Kier molecular flexibility index (Phi) is 3.93. The van der Waals surface area contributed by atoms with Crippen LogP contribution in [0.15, 0.2) is 53.8 Å². The van der Waals surface area contributed by atoms with E-state index in [1.54, 1.807) is 4.40 Å². The molecule has 2 heterocycles. The zero-order valence-corrected chi connectivity index (χ0v) is 13.4. The van der Waals surface area contributed by atoms with Gasteiger partial charge in [0.25, 0.3) is 5.91 Å². The van der Waals surface area contributed by atoms with Gasteiger partial charge in [0.05, 0.1) is 11.4 Å². The quantitative estimate of drug-likeness (QED) is 0.597. The first-order valence-electron chi connectivity index (χ1n) is 7.42. The number of benzene rings is 1. The van der Waals surface area contributed by atoms with E-state index in [-0.39, 0.29) is 5.91 Å². The van der Waals surface area contributed by atoms with E-state index in [0.29, 0.717) is 11.4 Å². The predicted molar refractivity (Wildman–Crippen MR) is 90.8 cm³/mol. The van der Waals surface area contributed by atoms with E-state index in [0.717, 1.165) is 22.5 Å². The lowest BCUT2D eigenvalue weighted by Crippen LogP contribution is -2.22. The highest BCUT2D eigenvalue weighted by molar-refractivity contribution is 6.01. The third kappa shape index (κ3) is 2.85. The summed E-state index contributed by atoms with van der Waals surface area (Å²) in [6.07, 6.45) is 1.82. The van der Waals surface area contributed by atoms with Crippen molar-refractivity contribution >= 4 is 17.3 Å². The fourth-order valence-electron chi connectivity index (χ4n) is 2.61. The summed E-state index contributed by atoms with van der Waals surface area (Å²) in [5, 5.41) is 4.24. The molecule has 0 bridgehead atoms. The second kappa shape index (κ2) is 6.04. The number of amides is 1. The molecule has 2 aromatic heterocycles. The third-order valence-corrected chi connectivity index (χ3v) is 3.78. The molecule has 0 aliphatic heterocycles. The first-order valence-corrected chi connectivity index (χ1v) is 7.42. The Hall–Kier alpha value is -2.95. The molecule has 0 atom stereocenters. The number of aromatic nitrogens is 2. The van der Waals surface area contributed by atoms with Gasteiger partial charge in [-0.05, 0) is 38.5 Å². The van der Waals surface area contributed by atoms with Crippen molar-refractivity contribution in [1.29, 1.82) is 0 Å². The highest BCUT2D eigenvalue weighted by Crippen LogP contribution is 2.12. The number of hydrogen-bond donors (Lipinski definition) is 1. The first-order chi connectivity index (χ1) is 11.1. The maximum absolute atomic E-state index is 12.5. The van der Waals surface area contributed by atoms with Crippen molar-refractivity contribution in [3.05, 3.63) is 71.2 Å². The molecule has 0 spiro atoms. The van der Waals surface area contributed by atoms with Crippen molar-refractivity contribution in [3.8, 4) is 0 Å². The molecule has 3 aromatic rings. The Morgan fingerprint density at radius 2 is 1.87 bits per heavy atom. The minimum absolute atomic E-state index is 0.269. The van der Waals surface area contributed by atoms with Crippen LogP contribution in [0, 0.1) is 13.8 Å². The van der Waals surface area contributed by atoms with Gasteiger partial charge in [0.1, 0.15) is 11.3 Å².